The van der Waals surface area contributed by atoms with E-state index in [-0.39, 0.29) is 11.8 Å². The van der Waals surface area contributed by atoms with Gasteiger partial charge in [0, 0.05) is 4.47 Å². The molecule has 2 atom stereocenters. The van der Waals surface area contributed by atoms with E-state index in [1.165, 1.54) is 4.90 Å². The number of carbonyl (C=O) groups excluding carboxylic acids is 1. The summed E-state index contributed by atoms with van der Waals surface area (Å²) in [5.41, 5.74) is 0.857. The quantitative estimate of drug-likeness (QED) is 0.580. The molecule has 1 aliphatic heterocycles. The lowest BCUT2D eigenvalue weighted by Gasteiger charge is -2.27. The van der Waals surface area contributed by atoms with Gasteiger partial charge in [-0.25, -0.2) is 4.79 Å². The molecule has 1 aromatic rings. The van der Waals surface area contributed by atoms with Gasteiger partial charge in [0.25, 0.3) is 5.91 Å². The van der Waals surface area contributed by atoms with Crippen LogP contribution in [0.5, 0.6) is 0 Å². The first-order valence-corrected chi connectivity index (χ1v) is 9.12. The zero-order valence-corrected chi connectivity index (χ0v) is 15.9. The van der Waals surface area contributed by atoms with Crippen LogP contribution in [0.2, 0.25) is 0 Å². The minimum Gasteiger partial charge on any atom is -0.480 e. The topological polar surface area (TPSA) is 57.6 Å². The highest BCUT2D eigenvalue weighted by Crippen LogP contribution is 2.36. The summed E-state index contributed by atoms with van der Waals surface area (Å²) in [5.74, 6) is -1.55. The van der Waals surface area contributed by atoms with Crippen molar-refractivity contribution in [2.75, 3.05) is 0 Å². The van der Waals surface area contributed by atoms with Crippen LogP contribution in [0.3, 0.4) is 0 Å². The monoisotopic (exact) mass is 413 g/mol. The molecule has 4 nitrogen and oxygen atoms in total. The van der Waals surface area contributed by atoms with E-state index in [1.54, 1.807) is 6.08 Å². The lowest BCUT2D eigenvalue weighted by Crippen LogP contribution is -2.47. The minimum atomic E-state index is -1.03. The van der Waals surface area contributed by atoms with Gasteiger partial charge in [0.05, 0.1) is 4.91 Å². The molecule has 1 amide bonds. The Labute approximate surface area is 153 Å². The van der Waals surface area contributed by atoms with E-state index in [4.69, 9.17) is 12.2 Å². The Hall–Kier alpha value is -1.18. The summed E-state index contributed by atoms with van der Waals surface area (Å²) in [5, 5.41) is 9.49. The smallest absolute Gasteiger partial charge is 0.327 e. The van der Waals surface area contributed by atoms with Gasteiger partial charge in [-0.15, -0.1) is 0 Å². The molecule has 1 aromatic carbocycles. The van der Waals surface area contributed by atoms with Crippen molar-refractivity contribution in [2.24, 2.45) is 5.92 Å². The van der Waals surface area contributed by atoms with Gasteiger partial charge in [-0.05, 0) is 29.7 Å². The summed E-state index contributed by atoms with van der Waals surface area (Å²) in [6, 6.07) is 6.60. The van der Waals surface area contributed by atoms with Crippen LogP contribution in [0.15, 0.2) is 33.6 Å². The third-order valence-corrected chi connectivity index (χ3v) is 5.51. The average Bonchev–Trinajstić information content (AvgIpc) is 2.75. The molecule has 122 valence electrons. The highest BCUT2D eigenvalue weighted by molar-refractivity contribution is 9.10. The van der Waals surface area contributed by atoms with Crippen LogP contribution in [0.1, 0.15) is 25.8 Å². The fraction of sp³-hybridized carbons (Fsp3) is 0.312. The molecule has 1 aliphatic rings. The van der Waals surface area contributed by atoms with E-state index in [1.807, 2.05) is 38.1 Å². The fourth-order valence-corrected chi connectivity index (χ4v) is 4.05. The highest BCUT2D eigenvalue weighted by Gasteiger charge is 2.42. The molecule has 0 aromatic heterocycles. The van der Waals surface area contributed by atoms with Crippen molar-refractivity contribution >= 4 is 62.2 Å². The summed E-state index contributed by atoms with van der Waals surface area (Å²) in [4.78, 5) is 25.9. The number of aliphatic carboxylic acids is 1. The standard InChI is InChI=1S/C16H16BrNO3S2/c1-3-9(2)13(15(20)21)18-14(19)12(23-16(18)22)8-10-5-4-6-11(17)7-10/h4-9,13H,3H2,1-2H3,(H,20,21)/b12-8-. The molecular weight excluding hydrogens is 398 g/mol. The van der Waals surface area contributed by atoms with Crippen molar-refractivity contribution in [1.82, 2.24) is 4.90 Å². The Morgan fingerprint density at radius 1 is 1.52 bits per heavy atom. The van der Waals surface area contributed by atoms with Crippen LogP contribution in [0, 0.1) is 5.92 Å². The molecule has 2 unspecified atom stereocenters. The molecule has 1 N–H and O–H groups in total. The second-order valence-corrected chi connectivity index (χ2v) is 7.87. The van der Waals surface area contributed by atoms with E-state index >= 15 is 0 Å². The molecule has 2 rings (SSSR count). The summed E-state index contributed by atoms with van der Waals surface area (Å²) in [6.07, 6.45) is 2.39. The molecule has 1 saturated heterocycles. The second kappa shape index (κ2) is 7.59. The number of hydrogen-bond donors (Lipinski definition) is 1. The van der Waals surface area contributed by atoms with Crippen molar-refractivity contribution in [2.45, 2.75) is 26.3 Å². The third-order valence-electron chi connectivity index (χ3n) is 3.68. The fourth-order valence-electron chi connectivity index (χ4n) is 2.30. The predicted molar refractivity (Wildman–Crippen MR) is 100 cm³/mol. The number of nitrogens with zero attached hydrogens (tertiary/aromatic N) is 1. The Morgan fingerprint density at radius 2 is 2.22 bits per heavy atom. The lowest BCUT2D eigenvalue weighted by atomic mass is 9.98. The van der Waals surface area contributed by atoms with Crippen LogP contribution < -0.4 is 0 Å². The number of hydrogen-bond acceptors (Lipinski definition) is 4. The average molecular weight is 414 g/mol. The van der Waals surface area contributed by atoms with E-state index < -0.39 is 12.0 Å². The van der Waals surface area contributed by atoms with Gasteiger partial charge < -0.3 is 5.11 Å². The van der Waals surface area contributed by atoms with E-state index in [2.05, 4.69) is 15.9 Å². The van der Waals surface area contributed by atoms with Crippen molar-refractivity contribution < 1.29 is 14.7 Å². The van der Waals surface area contributed by atoms with Crippen LogP contribution in [0.4, 0.5) is 0 Å². The van der Waals surface area contributed by atoms with Crippen molar-refractivity contribution in [3.05, 3.63) is 39.2 Å². The first kappa shape index (κ1) is 18.2. The highest BCUT2D eigenvalue weighted by atomic mass is 79.9. The summed E-state index contributed by atoms with van der Waals surface area (Å²) < 4.78 is 1.20. The zero-order valence-electron chi connectivity index (χ0n) is 12.7. The van der Waals surface area contributed by atoms with Gasteiger partial charge in [-0.1, -0.05) is 72.3 Å². The van der Waals surface area contributed by atoms with Crippen molar-refractivity contribution in [3.63, 3.8) is 0 Å². The van der Waals surface area contributed by atoms with Gasteiger partial charge in [0.15, 0.2) is 0 Å². The van der Waals surface area contributed by atoms with Crippen molar-refractivity contribution in [3.8, 4) is 0 Å². The number of rotatable bonds is 5. The number of thioether (sulfide) groups is 1. The van der Waals surface area contributed by atoms with Gasteiger partial charge in [-0.3, -0.25) is 9.69 Å². The van der Waals surface area contributed by atoms with Gasteiger partial charge in [0.1, 0.15) is 10.4 Å². The molecule has 0 spiro atoms. The molecule has 1 fully saturated rings. The van der Waals surface area contributed by atoms with Crippen LogP contribution >= 0.6 is 39.9 Å². The lowest BCUT2D eigenvalue weighted by molar-refractivity contribution is -0.147. The van der Waals surface area contributed by atoms with Crippen LogP contribution in [0.25, 0.3) is 6.08 Å². The Balaban J connectivity index is 2.34. The Kier molecular flexibility index (Phi) is 6.00. The molecule has 1 heterocycles. The van der Waals surface area contributed by atoms with Gasteiger partial charge in [0.2, 0.25) is 0 Å². The van der Waals surface area contributed by atoms with E-state index in [0.717, 1.165) is 21.8 Å². The molecule has 0 bridgehead atoms. The van der Waals surface area contributed by atoms with E-state index in [9.17, 15) is 14.7 Å². The Bertz CT molecular complexity index is 690. The number of carboxylic acid groups (broad SMARTS) is 1. The predicted octanol–water partition coefficient (Wildman–Crippen LogP) is 4.15. The molecule has 7 heteroatoms. The maximum Gasteiger partial charge on any atom is 0.327 e. The van der Waals surface area contributed by atoms with Crippen LogP contribution in [-0.4, -0.2) is 32.2 Å². The van der Waals surface area contributed by atoms with E-state index in [0.29, 0.717) is 15.6 Å². The molecule has 23 heavy (non-hydrogen) atoms. The summed E-state index contributed by atoms with van der Waals surface area (Å²) in [7, 11) is 0. The Morgan fingerprint density at radius 3 is 2.78 bits per heavy atom. The van der Waals surface area contributed by atoms with Gasteiger partial charge in [-0.2, -0.15) is 0 Å². The largest absolute Gasteiger partial charge is 0.480 e. The second-order valence-electron chi connectivity index (χ2n) is 5.28. The molecular formula is C16H16BrNO3S2. The number of carboxylic acids is 1. The van der Waals surface area contributed by atoms with Crippen LogP contribution in [-0.2, 0) is 9.59 Å². The zero-order chi connectivity index (χ0) is 17.1. The molecule has 0 radical (unpaired) electrons. The number of halogens is 1. The number of benzene rings is 1. The number of carbonyl (C=O) groups is 2. The maximum atomic E-state index is 12.6. The first-order valence-electron chi connectivity index (χ1n) is 7.10. The van der Waals surface area contributed by atoms with Crippen molar-refractivity contribution in [1.29, 1.82) is 0 Å². The summed E-state index contributed by atoms with van der Waals surface area (Å²) in [6.45, 7) is 3.71. The third kappa shape index (κ3) is 4.02. The number of thiocarbonyl (C=S) groups is 1. The van der Waals surface area contributed by atoms with Gasteiger partial charge >= 0.3 is 5.97 Å². The SMILES string of the molecule is CCC(C)C(C(=O)O)N1C(=O)/C(=C/c2cccc(Br)c2)SC1=S. The maximum absolute atomic E-state index is 12.6. The first-order chi connectivity index (χ1) is 10.8. The minimum absolute atomic E-state index is 0.180. The molecule has 0 aliphatic carbocycles. The normalized spacial score (nSPS) is 19.3. The summed E-state index contributed by atoms with van der Waals surface area (Å²) >= 11 is 9.79. The molecule has 0 saturated carbocycles. The number of amides is 1.